The predicted molar refractivity (Wildman–Crippen MR) is 132 cm³/mol. The van der Waals surface area contributed by atoms with Crippen molar-refractivity contribution in [3.63, 3.8) is 0 Å². The summed E-state index contributed by atoms with van der Waals surface area (Å²) in [5.41, 5.74) is 2.24. The van der Waals surface area contributed by atoms with E-state index < -0.39 is 7.92 Å². The Labute approximate surface area is 188 Å². The maximum absolute atomic E-state index is 11.3. The van der Waals surface area contributed by atoms with E-state index in [1.165, 1.54) is 39.7 Å². The first kappa shape index (κ1) is 22.2. The van der Waals surface area contributed by atoms with Crippen LogP contribution in [0.2, 0.25) is 0 Å². The molecular weight excluding hydrogens is 431 g/mol. The summed E-state index contributed by atoms with van der Waals surface area (Å²) >= 11 is 1.47. The summed E-state index contributed by atoms with van der Waals surface area (Å²) in [4.78, 5) is 15.9. The lowest BCUT2D eigenvalue weighted by atomic mass is 10.1. The molecule has 1 aromatic heterocycles. The van der Waals surface area contributed by atoms with Crippen molar-refractivity contribution in [2.45, 2.75) is 13.3 Å². The quantitative estimate of drug-likeness (QED) is 0.424. The van der Waals surface area contributed by atoms with E-state index in [1.807, 2.05) is 5.38 Å². The lowest BCUT2D eigenvalue weighted by Crippen LogP contribution is -2.23. The molecule has 0 bridgehead atoms. The molecule has 0 atom stereocenters. The van der Waals surface area contributed by atoms with E-state index in [4.69, 9.17) is 0 Å². The normalized spacial score (nSPS) is 10.5. The van der Waals surface area contributed by atoms with Gasteiger partial charge < -0.3 is 5.32 Å². The van der Waals surface area contributed by atoms with Gasteiger partial charge in [-0.3, -0.25) is 4.79 Å². The third-order valence-electron chi connectivity index (χ3n) is 4.47. The average molecular weight is 453 g/mol. The molecule has 152 valence electrons. The third-order valence-corrected chi connectivity index (χ3v) is 7.82. The molecule has 1 amide bonds. The van der Waals surface area contributed by atoms with E-state index in [-0.39, 0.29) is 18.3 Å². The van der Waals surface area contributed by atoms with Crippen LogP contribution in [-0.2, 0) is 11.2 Å². The van der Waals surface area contributed by atoms with Crippen LogP contribution in [0.5, 0.6) is 0 Å². The molecule has 0 unspecified atom stereocenters. The SMILES string of the molecule is CC(=O)Nc1nc(Cc2ccccc2P(c2ccccc2)c2ccccc2)cs1.Cl. The van der Waals surface area contributed by atoms with Crippen molar-refractivity contribution in [3.8, 4) is 0 Å². The van der Waals surface area contributed by atoms with Crippen molar-refractivity contribution in [2.75, 3.05) is 5.32 Å². The van der Waals surface area contributed by atoms with Gasteiger partial charge in [0.05, 0.1) is 5.69 Å². The zero-order chi connectivity index (χ0) is 20.1. The lowest BCUT2D eigenvalue weighted by molar-refractivity contribution is -0.114. The van der Waals surface area contributed by atoms with E-state index in [0.717, 1.165) is 12.1 Å². The second-order valence-corrected chi connectivity index (χ2v) is 9.68. The Morgan fingerprint density at radius 3 is 2.07 bits per heavy atom. The highest BCUT2D eigenvalue weighted by atomic mass is 35.5. The number of thiazole rings is 1. The first-order valence-corrected chi connectivity index (χ1v) is 11.6. The molecular formula is C24H22ClN2OPS. The van der Waals surface area contributed by atoms with Crippen molar-refractivity contribution in [1.29, 1.82) is 0 Å². The standard InChI is InChI=1S/C24H21N2OPS.ClH/c1-18(27)25-24-26-20(17-29-24)16-19-10-8-9-15-23(19)28(21-11-4-2-5-12-21)22-13-6-3-7-14-22;/h2-15,17H,16H2,1H3,(H,25,26,27);1H. The van der Waals surface area contributed by atoms with Gasteiger partial charge in [-0.05, 0) is 29.4 Å². The second-order valence-electron chi connectivity index (χ2n) is 6.64. The largest absolute Gasteiger partial charge is 0.302 e. The Morgan fingerprint density at radius 2 is 1.47 bits per heavy atom. The fourth-order valence-corrected chi connectivity index (χ4v) is 6.48. The zero-order valence-electron chi connectivity index (χ0n) is 16.5. The fourth-order valence-electron chi connectivity index (χ4n) is 3.25. The van der Waals surface area contributed by atoms with E-state index in [1.54, 1.807) is 0 Å². The number of rotatable bonds is 6. The first-order valence-electron chi connectivity index (χ1n) is 9.41. The van der Waals surface area contributed by atoms with Crippen LogP contribution in [0.25, 0.3) is 0 Å². The highest BCUT2D eigenvalue weighted by Gasteiger charge is 2.19. The van der Waals surface area contributed by atoms with Crippen LogP contribution in [0.4, 0.5) is 5.13 Å². The molecule has 0 aliphatic rings. The van der Waals surface area contributed by atoms with Crippen molar-refractivity contribution >= 4 is 58.6 Å². The number of hydrogen-bond donors (Lipinski definition) is 1. The van der Waals surface area contributed by atoms with Crippen LogP contribution in [0.15, 0.2) is 90.3 Å². The molecule has 3 aromatic carbocycles. The van der Waals surface area contributed by atoms with E-state index in [9.17, 15) is 4.79 Å². The van der Waals surface area contributed by atoms with Crippen LogP contribution in [0.1, 0.15) is 18.2 Å². The Bertz CT molecular complexity index is 1060. The van der Waals surface area contributed by atoms with Gasteiger partial charge in [-0.15, -0.1) is 23.7 Å². The molecule has 4 rings (SSSR count). The monoisotopic (exact) mass is 452 g/mol. The molecule has 6 heteroatoms. The van der Waals surface area contributed by atoms with Crippen LogP contribution in [-0.4, -0.2) is 10.9 Å². The summed E-state index contributed by atoms with van der Waals surface area (Å²) in [6.07, 6.45) is 0.741. The molecule has 0 aliphatic carbocycles. The van der Waals surface area contributed by atoms with Crippen molar-refractivity contribution in [3.05, 3.63) is 102 Å². The molecule has 1 heterocycles. The topological polar surface area (TPSA) is 42.0 Å². The average Bonchev–Trinajstić information content (AvgIpc) is 3.17. The lowest BCUT2D eigenvalue weighted by Gasteiger charge is -2.22. The molecule has 0 saturated carbocycles. The number of amides is 1. The molecule has 0 radical (unpaired) electrons. The van der Waals surface area contributed by atoms with Crippen molar-refractivity contribution < 1.29 is 4.79 Å². The summed E-state index contributed by atoms with van der Waals surface area (Å²) in [5.74, 6) is -0.0945. The molecule has 3 nitrogen and oxygen atoms in total. The molecule has 0 saturated heterocycles. The van der Waals surface area contributed by atoms with Gasteiger partial charge in [0.15, 0.2) is 5.13 Å². The molecule has 0 aliphatic heterocycles. The minimum absolute atomic E-state index is 0. The number of carbonyl (C=O) groups excluding carboxylic acids is 1. The number of benzene rings is 3. The Morgan fingerprint density at radius 1 is 0.900 bits per heavy atom. The van der Waals surface area contributed by atoms with Crippen molar-refractivity contribution in [2.24, 2.45) is 0 Å². The van der Waals surface area contributed by atoms with E-state index in [0.29, 0.717) is 5.13 Å². The summed E-state index contributed by atoms with van der Waals surface area (Å²) in [6.45, 7) is 1.50. The highest BCUT2D eigenvalue weighted by Crippen LogP contribution is 2.34. The number of anilines is 1. The Kier molecular flexibility index (Phi) is 7.75. The second kappa shape index (κ2) is 10.5. The van der Waals surface area contributed by atoms with Gasteiger partial charge in [0, 0.05) is 18.7 Å². The van der Waals surface area contributed by atoms with Gasteiger partial charge in [0.25, 0.3) is 0 Å². The maximum atomic E-state index is 11.3. The van der Waals surface area contributed by atoms with Gasteiger partial charge in [-0.2, -0.15) is 0 Å². The van der Waals surface area contributed by atoms with Crippen molar-refractivity contribution in [1.82, 2.24) is 4.98 Å². The highest BCUT2D eigenvalue weighted by molar-refractivity contribution is 7.79. The minimum atomic E-state index is -0.664. The summed E-state index contributed by atoms with van der Waals surface area (Å²) in [6, 6.07) is 30.0. The molecule has 1 N–H and O–H groups in total. The number of halogens is 1. The Balaban J connectivity index is 0.00000256. The van der Waals surface area contributed by atoms with E-state index >= 15 is 0 Å². The van der Waals surface area contributed by atoms with E-state index in [2.05, 4.69) is 95.2 Å². The van der Waals surface area contributed by atoms with Crippen LogP contribution in [0.3, 0.4) is 0 Å². The van der Waals surface area contributed by atoms with Gasteiger partial charge in [0.1, 0.15) is 0 Å². The number of nitrogens with one attached hydrogen (secondary N) is 1. The van der Waals surface area contributed by atoms with Crippen LogP contribution >= 0.6 is 31.7 Å². The van der Waals surface area contributed by atoms with Gasteiger partial charge in [-0.25, -0.2) is 4.98 Å². The zero-order valence-corrected chi connectivity index (χ0v) is 19.0. The summed E-state index contributed by atoms with van der Waals surface area (Å²) in [7, 11) is -0.664. The van der Waals surface area contributed by atoms with Gasteiger partial charge >= 0.3 is 0 Å². The molecule has 0 fully saturated rings. The number of carbonyl (C=O) groups is 1. The summed E-state index contributed by atoms with van der Waals surface area (Å²) in [5, 5.41) is 9.45. The smallest absolute Gasteiger partial charge is 0.223 e. The number of nitrogens with zero attached hydrogens (tertiary/aromatic N) is 1. The molecule has 4 aromatic rings. The minimum Gasteiger partial charge on any atom is -0.302 e. The Hall–Kier alpha value is -2.52. The molecule has 30 heavy (non-hydrogen) atoms. The predicted octanol–water partition coefficient (Wildman–Crippen LogP) is 4.87. The fraction of sp³-hybridized carbons (Fsp3) is 0.0833. The van der Waals surface area contributed by atoms with Crippen LogP contribution < -0.4 is 21.2 Å². The van der Waals surface area contributed by atoms with Gasteiger partial charge in [-0.1, -0.05) is 84.9 Å². The maximum Gasteiger partial charge on any atom is 0.223 e. The summed E-state index contributed by atoms with van der Waals surface area (Å²) < 4.78 is 0. The molecule has 0 spiro atoms. The third kappa shape index (κ3) is 5.34. The first-order chi connectivity index (χ1) is 14.2. The number of aromatic nitrogens is 1. The number of hydrogen-bond acceptors (Lipinski definition) is 3. The van der Waals surface area contributed by atoms with Crippen LogP contribution in [0, 0.1) is 0 Å². The van der Waals surface area contributed by atoms with Gasteiger partial charge in [0.2, 0.25) is 5.91 Å².